The molecule has 0 spiro atoms. The summed E-state index contributed by atoms with van der Waals surface area (Å²) in [6.07, 6.45) is 0. The Labute approximate surface area is 137 Å². The Kier molecular flexibility index (Phi) is 2.97. The van der Waals surface area contributed by atoms with Crippen molar-refractivity contribution in [1.82, 2.24) is 9.55 Å². The summed E-state index contributed by atoms with van der Waals surface area (Å²) in [4.78, 5) is 17.4. The molecule has 1 aliphatic rings. The van der Waals surface area contributed by atoms with Gasteiger partial charge in [0.15, 0.2) is 0 Å². The molecule has 2 aromatic carbocycles. The number of nitrogens with zero attached hydrogens (tertiary/aromatic N) is 4. The fourth-order valence-corrected chi connectivity index (χ4v) is 3.20. The van der Waals surface area contributed by atoms with Crippen LogP contribution in [0.1, 0.15) is 33.1 Å². The van der Waals surface area contributed by atoms with Crippen LogP contribution in [0.15, 0.2) is 41.6 Å². The Balaban J connectivity index is 2.07. The number of carbonyl (C=O) groups is 1. The van der Waals surface area contributed by atoms with Gasteiger partial charge in [-0.25, -0.2) is 4.98 Å². The molecule has 0 amide bonds. The van der Waals surface area contributed by atoms with Gasteiger partial charge in [-0.2, -0.15) is 5.26 Å². The van der Waals surface area contributed by atoms with E-state index in [9.17, 15) is 10.0 Å². The molecule has 4 rings (SSSR count). The van der Waals surface area contributed by atoms with E-state index in [1.807, 2.05) is 36.4 Å². The minimum atomic E-state index is -0.214. The van der Waals surface area contributed by atoms with E-state index in [0.717, 1.165) is 10.8 Å². The number of fused-ring (bicyclic) bond motifs is 3. The van der Waals surface area contributed by atoms with Crippen molar-refractivity contribution in [3.05, 3.63) is 64.7 Å². The van der Waals surface area contributed by atoms with E-state index < -0.39 is 0 Å². The molecule has 116 valence electrons. The van der Waals surface area contributed by atoms with E-state index in [1.54, 1.807) is 17.6 Å². The maximum atomic E-state index is 13.0. The lowest BCUT2D eigenvalue weighted by Crippen LogP contribution is -2.24. The molecule has 1 aliphatic carbocycles. The predicted molar refractivity (Wildman–Crippen MR) is 87.4 cm³/mol. The second-order valence-electron chi connectivity index (χ2n) is 5.62. The zero-order chi connectivity index (χ0) is 16.8. The van der Waals surface area contributed by atoms with Gasteiger partial charge >= 0.3 is 0 Å². The largest absolute Gasteiger partial charge is 0.410 e. The first kappa shape index (κ1) is 14.2. The van der Waals surface area contributed by atoms with Gasteiger partial charge in [-0.3, -0.25) is 4.79 Å². The molecule has 6 nitrogen and oxygen atoms in total. The average molecular weight is 316 g/mol. The summed E-state index contributed by atoms with van der Waals surface area (Å²) in [5, 5.41) is 23.8. The van der Waals surface area contributed by atoms with Crippen LogP contribution in [0.25, 0.3) is 10.8 Å². The van der Waals surface area contributed by atoms with Gasteiger partial charge < -0.3 is 9.77 Å². The first-order valence-corrected chi connectivity index (χ1v) is 7.40. The summed E-state index contributed by atoms with van der Waals surface area (Å²) in [5.74, 6) is 0.322. The number of aromatic nitrogens is 2. The zero-order valence-electron chi connectivity index (χ0n) is 12.8. The molecular weight excluding hydrogens is 304 g/mol. The third-order valence-electron chi connectivity index (χ3n) is 4.31. The fourth-order valence-electron chi connectivity index (χ4n) is 3.20. The number of rotatable bonds is 1. The van der Waals surface area contributed by atoms with E-state index in [2.05, 4.69) is 10.1 Å². The van der Waals surface area contributed by atoms with E-state index >= 15 is 0 Å². The quantitative estimate of drug-likeness (QED) is 0.431. The van der Waals surface area contributed by atoms with Crippen LogP contribution in [0.3, 0.4) is 0 Å². The highest BCUT2D eigenvalue weighted by molar-refractivity contribution is 6.30. The molecule has 24 heavy (non-hydrogen) atoms. The number of aryl methyl sites for hydroxylation is 1. The third-order valence-corrected chi connectivity index (χ3v) is 4.31. The monoisotopic (exact) mass is 316 g/mol. The smallest absolute Gasteiger partial charge is 0.212 e. The predicted octanol–water partition coefficient (Wildman–Crippen LogP) is 2.64. The lowest BCUT2D eigenvalue weighted by atomic mass is 9.87. The lowest BCUT2D eigenvalue weighted by molar-refractivity contribution is 0.102. The molecule has 0 bridgehead atoms. The van der Waals surface area contributed by atoms with Gasteiger partial charge in [-0.1, -0.05) is 29.4 Å². The Hall–Kier alpha value is -3.46. The Morgan fingerprint density at radius 3 is 2.54 bits per heavy atom. The Bertz CT molecular complexity index is 1090. The summed E-state index contributed by atoms with van der Waals surface area (Å²) >= 11 is 0. The fraction of sp³-hybridized carbons (Fsp3) is 0.111. The highest BCUT2D eigenvalue weighted by atomic mass is 16.4. The average Bonchev–Trinajstić information content (AvgIpc) is 2.91. The number of hydrogen-bond acceptors (Lipinski definition) is 5. The van der Waals surface area contributed by atoms with Gasteiger partial charge in [-0.05, 0) is 29.8 Å². The third kappa shape index (κ3) is 1.78. The van der Waals surface area contributed by atoms with Crippen LogP contribution in [0.5, 0.6) is 0 Å². The molecule has 0 radical (unpaired) electrons. The van der Waals surface area contributed by atoms with Gasteiger partial charge in [0.2, 0.25) is 5.78 Å². The molecular formula is C18H12N4O2. The van der Waals surface area contributed by atoms with Crippen molar-refractivity contribution >= 4 is 22.3 Å². The van der Waals surface area contributed by atoms with Crippen molar-refractivity contribution in [1.29, 1.82) is 5.26 Å². The maximum Gasteiger partial charge on any atom is 0.212 e. The van der Waals surface area contributed by atoms with Crippen LogP contribution < -0.4 is 0 Å². The molecule has 0 saturated heterocycles. The molecule has 6 heteroatoms. The Morgan fingerprint density at radius 1 is 1.25 bits per heavy atom. The molecule has 0 unspecified atom stereocenters. The van der Waals surface area contributed by atoms with Crippen LogP contribution in [0, 0.1) is 18.3 Å². The molecule has 0 saturated carbocycles. The number of imidazole rings is 1. The van der Waals surface area contributed by atoms with Gasteiger partial charge in [0.05, 0.1) is 6.07 Å². The first-order chi connectivity index (χ1) is 11.7. The van der Waals surface area contributed by atoms with Crippen LogP contribution in [0.2, 0.25) is 0 Å². The molecule has 0 fully saturated rings. The zero-order valence-corrected chi connectivity index (χ0v) is 12.8. The van der Waals surface area contributed by atoms with E-state index in [4.69, 9.17) is 5.26 Å². The van der Waals surface area contributed by atoms with Crippen LogP contribution in [-0.4, -0.2) is 26.3 Å². The van der Waals surface area contributed by atoms with E-state index in [-0.39, 0.29) is 18.0 Å². The maximum absolute atomic E-state index is 13.0. The summed E-state index contributed by atoms with van der Waals surface area (Å²) in [6.45, 7) is 1.74. The number of nitriles is 1. The van der Waals surface area contributed by atoms with Crippen molar-refractivity contribution < 1.29 is 10.0 Å². The normalized spacial score (nSPS) is 14.5. The topological polar surface area (TPSA) is 91.3 Å². The van der Waals surface area contributed by atoms with Crippen molar-refractivity contribution in [3.8, 4) is 6.07 Å². The minimum absolute atomic E-state index is 0.0154. The standard InChI is InChI=1S/C18H12N4O2/c1-10-20-16-15(21-24)13-8-11-4-2-3-5-12(11)9-14(13)18(23)17(16)22(10)7-6-19/h2-5,8-9,24H,7H2,1H3/b21-15+. The van der Waals surface area contributed by atoms with Crippen LogP contribution in [0.4, 0.5) is 0 Å². The van der Waals surface area contributed by atoms with Gasteiger partial charge in [-0.15, -0.1) is 0 Å². The number of carbonyl (C=O) groups excluding carboxylic acids is 1. The van der Waals surface area contributed by atoms with Crippen molar-refractivity contribution in [3.63, 3.8) is 0 Å². The van der Waals surface area contributed by atoms with Gasteiger partial charge in [0.25, 0.3) is 0 Å². The SMILES string of the molecule is Cc1nc2c(n1CC#N)C(=O)c1cc3ccccc3cc1/C2=N\O. The van der Waals surface area contributed by atoms with Crippen LogP contribution >= 0.6 is 0 Å². The van der Waals surface area contributed by atoms with Crippen LogP contribution in [-0.2, 0) is 6.54 Å². The summed E-state index contributed by atoms with van der Waals surface area (Å²) in [5.41, 5.74) is 1.87. The molecule has 3 aromatic rings. The molecule has 1 heterocycles. The molecule has 0 atom stereocenters. The van der Waals surface area contributed by atoms with Crippen molar-refractivity contribution in [2.45, 2.75) is 13.5 Å². The highest BCUT2D eigenvalue weighted by Crippen LogP contribution is 2.31. The number of oxime groups is 1. The number of hydrogen-bond donors (Lipinski definition) is 1. The second kappa shape index (κ2) is 5.03. The minimum Gasteiger partial charge on any atom is -0.410 e. The highest BCUT2D eigenvalue weighted by Gasteiger charge is 2.34. The first-order valence-electron chi connectivity index (χ1n) is 7.40. The summed E-state index contributed by atoms with van der Waals surface area (Å²) < 4.78 is 1.56. The molecule has 1 N–H and O–H groups in total. The van der Waals surface area contributed by atoms with Crippen molar-refractivity contribution in [2.75, 3.05) is 0 Å². The molecule has 1 aromatic heterocycles. The van der Waals surface area contributed by atoms with E-state index in [0.29, 0.717) is 28.3 Å². The second-order valence-corrected chi connectivity index (χ2v) is 5.62. The van der Waals surface area contributed by atoms with E-state index in [1.165, 1.54) is 0 Å². The van der Waals surface area contributed by atoms with Gasteiger partial charge in [0.1, 0.15) is 29.5 Å². The summed E-state index contributed by atoms with van der Waals surface area (Å²) in [6, 6.07) is 13.3. The molecule has 0 aliphatic heterocycles. The number of benzene rings is 2. The number of ketones is 1. The Morgan fingerprint density at radius 2 is 1.92 bits per heavy atom. The van der Waals surface area contributed by atoms with Gasteiger partial charge in [0, 0.05) is 11.1 Å². The summed E-state index contributed by atoms with van der Waals surface area (Å²) in [7, 11) is 0. The lowest BCUT2D eigenvalue weighted by Gasteiger charge is -2.18. The van der Waals surface area contributed by atoms with Crippen molar-refractivity contribution in [2.24, 2.45) is 5.16 Å².